The van der Waals surface area contributed by atoms with Crippen molar-refractivity contribution in [3.8, 4) is 5.75 Å². The van der Waals surface area contributed by atoms with Gasteiger partial charge in [0, 0.05) is 13.0 Å². The van der Waals surface area contributed by atoms with Gasteiger partial charge in [0.05, 0.1) is 21.0 Å². The third kappa shape index (κ3) is 3.05. The summed E-state index contributed by atoms with van der Waals surface area (Å²) in [6.45, 7) is 1.45. The molecule has 1 rings (SSSR count). The highest BCUT2D eigenvalue weighted by Gasteiger charge is 2.09. The molecule has 6 heteroatoms. The predicted octanol–water partition coefficient (Wildman–Crippen LogP) is 3.86. The van der Waals surface area contributed by atoms with Gasteiger partial charge in [0.1, 0.15) is 5.75 Å². The lowest BCUT2D eigenvalue weighted by molar-refractivity contribution is -0.422. The normalized spacial score (nSPS) is 11.4. The van der Waals surface area contributed by atoms with Crippen molar-refractivity contribution in [1.82, 2.24) is 0 Å². The number of halogens is 2. The Labute approximate surface area is 110 Å². The number of nitro groups is 1. The smallest absolute Gasteiger partial charge is 0.243 e. The molecule has 0 saturated carbocycles. The number of allylic oxidation sites excluding steroid dienone is 1. The molecule has 0 fully saturated rings. The van der Waals surface area contributed by atoms with Crippen LogP contribution in [-0.4, -0.2) is 12.0 Å². The van der Waals surface area contributed by atoms with Crippen LogP contribution >= 0.6 is 31.9 Å². The Morgan fingerprint density at radius 1 is 1.44 bits per heavy atom. The van der Waals surface area contributed by atoms with Crippen LogP contribution in [-0.2, 0) is 0 Å². The van der Waals surface area contributed by atoms with Crippen molar-refractivity contribution in [1.29, 1.82) is 0 Å². The minimum absolute atomic E-state index is 0.0870. The number of ether oxygens (including phenoxy) is 1. The quantitative estimate of drug-likeness (QED) is 0.614. The van der Waals surface area contributed by atoms with Gasteiger partial charge in [-0.2, -0.15) is 0 Å². The van der Waals surface area contributed by atoms with Gasteiger partial charge < -0.3 is 4.74 Å². The third-order valence-corrected chi connectivity index (χ3v) is 3.07. The number of benzene rings is 1. The second-order valence-electron chi connectivity index (χ2n) is 3.06. The monoisotopic (exact) mass is 349 g/mol. The van der Waals surface area contributed by atoms with Gasteiger partial charge in [-0.1, -0.05) is 0 Å². The first-order chi connectivity index (χ1) is 7.45. The van der Waals surface area contributed by atoms with Gasteiger partial charge in [-0.3, -0.25) is 10.1 Å². The van der Waals surface area contributed by atoms with E-state index in [1.807, 2.05) is 0 Å². The van der Waals surface area contributed by atoms with Crippen LogP contribution in [0.5, 0.6) is 5.75 Å². The highest BCUT2D eigenvalue weighted by Crippen LogP contribution is 2.34. The van der Waals surface area contributed by atoms with E-state index in [0.29, 0.717) is 5.75 Å². The molecule has 0 aliphatic heterocycles. The number of hydrogen-bond acceptors (Lipinski definition) is 3. The Morgan fingerprint density at radius 3 is 2.31 bits per heavy atom. The number of nitrogens with zero attached hydrogens (tertiary/aromatic N) is 1. The molecule has 0 bridgehead atoms. The van der Waals surface area contributed by atoms with Crippen molar-refractivity contribution in [2.45, 2.75) is 6.92 Å². The Bertz CT molecular complexity index is 434. The van der Waals surface area contributed by atoms with E-state index in [9.17, 15) is 10.1 Å². The average molecular weight is 351 g/mol. The maximum Gasteiger partial charge on any atom is 0.243 e. The van der Waals surface area contributed by atoms with E-state index in [2.05, 4.69) is 31.9 Å². The van der Waals surface area contributed by atoms with E-state index < -0.39 is 4.92 Å². The van der Waals surface area contributed by atoms with E-state index in [1.54, 1.807) is 19.2 Å². The van der Waals surface area contributed by atoms with Crippen molar-refractivity contribution in [2.24, 2.45) is 0 Å². The van der Waals surface area contributed by atoms with Gasteiger partial charge in [-0.25, -0.2) is 0 Å². The largest absolute Gasteiger partial charge is 0.494 e. The van der Waals surface area contributed by atoms with E-state index in [-0.39, 0.29) is 5.70 Å². The zero-order valence-corrected chi connectivity index (χ0v) is 11.8. The Morgan fingerprint density at radius 2 is 1.94 bits per heavy atom. The van der Waals surface area contributed by atoms with E-state index in [4.69, 9.17) is 4.74 Å². The van der Waals surface area contributed by atoms with Crippen molar-refractivity contribution in [3.05, 3.63) is 42.5 Å². The molecule has 4 nitrogen and oxygen atoms in total. The van der Waals surface area contributed by atoms with Crippen molar-refractivity contribution in [2.75, 3.05) is 7.11 Å². The Hall–Kier alpha value is -0.880. The zero-order chi connectivity index (χ0) is 12.3. The van der Waals surface area contributed by atoms with Crippen LogP contribution in [0.3, 0.4) is 0 Å². The lowest BCUT2D eigenvalue weighted by Gasteiger charge is -2.06. The first kappa shape index (κ1) is 13.2. The predicted molar refractivity (Wildman–Crippen MR) is 69.0 cm³/mol. The first-order valence-electron chi connectivity index (χ1n) is 4.31. The molecule has 16 heavy (non-hydrogen) atoms. The number of rotatable bonds is 3. The molecule has 0 amide bonds. The molecule has 0 N–H and O–H groups in total. The van der Waals surface area contributed by atoms with Gasteiger partial charge in [-0.05, 0) is 49.6 Å². The topological polar surface area (TPSA) is 52.4 Å². The van der Waals surface area contributed by atoms with Gasteiger partial charge in [0.25, 0.3) is 0 Å². The number of methoxy groups -OCH3 is 1. The fourth-order valence-corrected chi connectivity index (χ4v) is 2.70. The van der Waals surface area contributed by atoms with Crippen LogP contribution in [0.1, 0.15) is 12.5 Å². The SMILES string of the molecule is COc1c(Br)cc(/C=C(/C)[N+](=O)[O-])cc1Br. The Kier molecular flexibility index (Phi) is 4.49. The molecule has 1 aromatic rings. The summed E-state index contributed by atoms with van der Waals surface area (Å²) in [6.07, 6.45) is 1.50. The summed E-state index contributed by atoms with van der Waals surface area (Å²) >= 11 is 6.66. The van der Waals surface area contributed by atoms with E-state index in [0.717, 1.165) is 14.5 Å². The van der Waals surface area contributed by atoms with E-state index >= 15 is 0 Å². The Balaban J connectivity index is 3.19. The summed E-state index contributed by atoms with van der Waals surface area (Å²) in [4.78, 5) is 10.1. The van der Waals surface area contributed by atoms with Gasteiger partial charge in [0.2, 0.25) is 5.70 Å². The molecule has 0 aliphatic rings. The lowest BCUT2D eigenvalue weighted by atomic mass is 10.2. The molecule has 0 saturated heterocycles. The molecule has 0 aliphatic carbocycles. The van der Waals surface area contributed by atoms with Crippen molar-refractivity contribution < 1.29 is 9.66 Å². The minimum atomic E-state index is -0.425. The van der Waals surface area contributed by atoms with Crippen LogP contribution in [0.2, 0.25) is 0 Å². The molecule has 0 unspecified atom stereocenters. The second-order valence-corrected chi connectivity index (χ2v) is 4.77. The summed E-state index contributed by atoms with van der Waals surface area (Å²) in [7, 11) is 1.56. The van der Waals surface area contributed by atoms with Crippen molar-refractivity contribution in [3.63, 3.8) is 0 Å². The fraction of sp³-hybridized carbons (Fsp3) is 0.200. The average Bonchev–Trinajstić information content (AvgIpc) is 2.16. The maximum atomic E-state index is 10.5. The standard InChI is InChI=1S/C10H9Br2NO3/c1-6(13(14)15)3-7-4-8(11)10(16-2)9(12)5-7/h3-5H,1-2H3/b6-3-. The van der Waals surface area contributed by atoms with Crippen LogP contribution in [0.4, 0.5) is 0 Å². The number of hydrogen-bond donors (Lipinski definition) is 0. The van der Waals surface area contributed by atoms with Crippen LogP contribution in [0.15, 0.2) is 26.8 Å². The highest BCUT2D eigenvalue weighted by molar-refractivity contribution is 9.11. The van der Waals surface area contributed by atoms with Gasteiger partial charge >= 0.3 is 0 Å². The summed E-state index contributed by atoms with van der Waals surface area (Å²) in [6, 6.07) is 3.52. The van der Waals surface area contributed by atoms with Gasteiger partial charge in [0.15, 0.2) is 0 Å². The molecular weight excluding hydrogens is 342 g/mol. The molecule has 0 heterocycles. The maximum absolute atomic E-state index is 10.5. The van der Waals surface area contributed by atoms with Crippen molar-refractivity contribution >= 4 is 37.9 Å². The van der Waals surface area contributed by atoms with E-state index in [1.165, 1.54) is 13.0 Å². The van der Waals surface area contributed by atoms with Gasteiger partial charge in [-0.15, -0.1) is 0 Å². The molecule has 1 aromatic carbocycles. The van der Waals surface area contributed by atoms with Crippen LogP contribution in [0.25, 0.3) is 6.08 Å². The molecule has 0 spiro atoms. The summed E-state index contributed by atoms with van der Waals surface area (Å²) in [5.41, 5.74) is 0.817. The molecular formula is C10H9Br2NO3. The molecule has 0 aromatic heterocycles. The highest BCUT2D eigenvalue weighted by atomic mass is 79.9. The second kappa shape index (κ2) is 5.45. The minimum Gasteiger partial charge on any atom is -0.494 e. The fourth-order valence-electron chi connectivity index (χ4n) is 1.15. The summed E-state index contributed by atoms with van der Waals surface area (Å²) < 4.78 is 6.62. The molecule has 86 valence electrons. The zero-order valence-electron chi connectivity index (χ0n) is 8.66. The van der Waals surface area contributed by atoms with Crippen LogP contribution < -0.4 is 4.74 Å². The summed E-state index contributed by atoms with van der Waals surface area (Å²) in [5.74, 6) is 0.663. The molecule has 0 atom stereocenters. The molecule has 0 radical (unpaired) electrons. The summed E-state index contributed by atoms with van der Waals surface area (Å²) in [5, 5.41) is 10.5. The lowest BCUT2D eigenvalue weighted by Crippen LogP contribution is -1.93. The third-order valence-electron chi connectivity index (χ3n) is 1.89. The van der Waals surface area contributed by atoms with Crippen LogP contribution in [0, 0.1) is 10.1 Å². The first-order valence-corrected chi connectivity index (χ1v) is 5.90.